The molecule has 0 aromatic carbocycles. The van der Waals surface area contributed by atoms with Crippen molar-refractivity contribution in [3.05, 3.63) is 21.3 Å². The average molecular weight is 441 g/mol. The SMILES string of the molecule is CCNC(=NCC(O)c1ccc(Cl)s1)N1CCC(CN(CC)CC(F)(F)F)C1. The van der Waals surface area contributed by atoms with E-state index in [4.69, 9.17) is 11.6 Å². The van der Waals surface area contributed by atoms with Crippen LogP contribution in [-0.4, -0.2) is 72.9 Å². The van der Waals surface area contributed by atoms with Crippen molar-refractivity contribution in [2.75, 3.05) is 45.8 Å². The summed E-state index contributed by atoms with van der Waals surface area (Å²) in [5, 5.41) is 13.5. The summed E-state index contributed by atoms with van der Waals surface area (Å²) in [6.07, 6.45) is -4.08. The molecule has 0 saturated carbocycles. The molecule has 1 aliphatic heterocycles. The van der Waals surface area contributed by atoms with Gasteiger partial charge in [-0.3, -0.25) is 9.89 Å². The highest BCUT2D eigenvalue weighted by molar-refractivity contribution is 7.16. The smallest absolute Gasteiger partial charge is 0.386 e. The molecule has 5 nitrogen and oxygen atoms in total. The fourth-order valence-corrected chi connectivity index (χ4v) is 4.33. The molecule has 1 aliphatic rings. The molecule has 1 aromatic rings. The van der Waals surface area contributed by atoms with Crippen LogP contribution in [0.4, 0.5) is 13.2 Å². The third-order valence-electron chi connectivity index (χ3n) is 4.62. The third-order valence-corrected chi connectivity index (χ3v) is 5.96. The minimum atomic E-state index is -4.18. The first-order valence-corrected chi connectivity index (χ1v) is 10.7. The third kappa shape index (κ3) is 7.42. The van der Waals surface area contributed by atoms with Gasteiger partial charge in [0.2, 0.25) is 0 Å². The predicted octanol–water partition coefficient (Wildman–Crippen LogP) is 3.61. The normalized spacial score (nSPS) is 19.5. The van der Waals surface area contributed by atoms with Gasteiger partial charge in [0.05, 0.1) is 17.4 Å². The molecule has 10 heteroatoms. The van der Waals surface area contributed by atoms with Gasteiger partial charge in [-0.2, -0.15) is 13.2 Å². The van der Waals surface area contributed by atoms with E-state index in [0.29, 0.717) is 36.5 Å². The number of aliphatic imine (C=N–C) groups is 1. The number of rotatable bonds is 8. The van der Waals surface area contributed by atoms with Gasteiger partial charge in [-0.1, -0.05) is 18.5 Å². The second-order valence-electron chi connectivity index (χ2n) is 6.90. The zero-order valence-electron chi connectivity index (χ0n) is 16.2. The molecule has 2 N–H and O–H groups in total. The molecule has 2 rings (SSSR count). The number of likely N-dealkylation sites (tertiary alicyclic amines) is 1. The summed E-state index contributed by atoms with van der Waals surface area (Å²) in [6, 6.07) is 3.52. The Kier molecular flexibility index (Phi) is 8.85. The highest BCUT2D eigenvalue weighted by atomic mass is 35.5. The van der Waals surface area contributed by atoms with Crippen molar-refractivity contribution in [1.29, 1.82) is 0 Å². The lowest BCUT2D eigenvalue weighted by atomic mass is 10.1. The Morgan fingerprint density at radius 1 is 1.46 bits per heavy atom. The molecule has 0 spiro atoms. The quantitative estimate of drug-likeness (QED) is 0.479. The molecule has 1 saturated heterocycles. The molecule has 2 heterocycles. The van der Waals surface area contributed by atoms with Crippen LogP contribution in [0.5, 0.6) is 0 Å². The monoisotopic (exact) mass is 440 g/mol. The molecule has 2 atom stereocenters. The van der Waals surface area contributed by atoms with E-state index < -0.39 is 18.8 Å². The Balaban J connectivity index is 1.93. The molecule has 1 fully saturated rings. The van der Waals surface area contributed by atoms with Crippen molar-refractivity contribution in [3.8, 4) is 0 Å². The molecular weight excluding hydrogens is 413 g/mol. The van der Waals surface area contributed by atoms with Crippen LogP contribution in [0.2, 0.25) is 4.34 Å². The molecule has 0 radical (unpaired) electrons. The van der Waals surface area contributed by atoms with E-state index in [1.807, 2.05) is 6.92 Å². The number of alkyl halides is 3. The highest BCUT2D eigenvalue weighted by Crippen LogP contribution is 2.27. The summed E-state index contributed by atoms with van der Waals surface area (Å²) in [6.45, 7) is 5.91. The van der Waals surface area contributed by atoms with E-state index in [1.165, 1.54) is 16.2 Å². The van der Waals surface area contributed by atoms with Crippen molar-refractivity contribution in [1.82, 2.24) is 15.1 Å². The fraction of sp³-hybridized carbons (Fsp3) is 0.722. The van der Waals surface area contributed by atoms with Crippen LogP contribution < -0.4 is 5.32 Å². The molecule has 0 aliphatic carbocycles. The van der Waals surface area contributed by atoms with E-state index >= 15 is 0 Å². The highest BCUT2D eigenvalue weighted by Gasteiger charge is 2.33. The summed E-state index contributed by atoms with van der Waals surface area (Å²) >= 11 is 7.23. The minimum absolute atomic E-state index is 0.159. The first-order chi connectivity index (χ1) is 13.2. The van der Waals surface area contributed by atoms with Crippen molar-refractivity contribution >= 4 is 28.9 Å². The van der Waals surface area contributed by atoms with Crippen LogP contribution in [0.1, 0.15) is 31.2 Å². The maximum absolute atomic E-state index is 12.7. The zero-order valence-corrected chi connectivity index (χ0v) is 17.7. The van der Waals surface area contributed by atoms with Crippen LogP contribution >= 0.6 is 22.9 Å². The number of halogens is 4. The molecule has 160 valence electrons. The van der Waals surface area contributed by atoms with E-state index in [2.05, 4.69) is 15.2 Å². The van der Waals surface area contributed by atoms with Gasteiger partial charge in [0.25, 0.3) is 0 Å². The second kappa shape index (κ2) is 10.7. The maximum atomic E-state index is 12.7. The average Bonchev–Trinajstić information content (AvgIpc) is 3.25. The van der Waals surface area contributed by atoms with Gasteiger partial charge < -0.3 is 15.3 Å². The van der Waals surface area contributed by atoms with Gasteiger partial charge in [-0.05, 0) is 37.9 Å². The molecular formula is C18H28ClF3N4OS. The molecule has 0 bridgehead atoms. The number of hydrogen-bond donors (Lipinski definition) is 2. The van der Waals surface area contributed by atoms with Gasteiger partial charge in [-0.25, -0.2) is 0 Å². The standard InChI is InChI=1S/C18H28ClF3N4OS/c1-3-23-17(24-9-14(27)15-5-6-16(19)28-15)26-8-7-13(11-26)10-25(4-2)12-18(20,21)22/h5-6,13-14,27H,3-4,7-12H2,1-2H3,(H,23,24). The predicted molar refractivity (Wildman–Crippen MR) is 108 cm³/mol. The number of hydrogen-bond acceptors (Lipinski definition) is 4. The summed E-state index contributed by atoms with van der Waals surface area (Å²) in [5.41, 5.74) is 0. The molecule has 0 amide bonds. The second-order valence-corrected chi connectivity index (χ2v) is 8.64. The number of aliphatic hydroxyl groups is 1. The Labute approximate surface area is 173 Å². The summed E-state index contributed by atoms with van der Waals surface area (Å²) in [5.74, 6) is 0.845. The largest absolute Gasteiger partial charge is 0.401 e. The van der Waals surface area contributed by atoms with Crippen LogP contribution in [0, 0.1) is 5.92 Å². The number of thiophene rings is 1. The van der Waals surface area contributed by atoms with E-state index in [1.54, 1.807) is 19.1 Å². The Morgan fingerprint density at radius 3 is 2.79 bits per heavy atom. The van der Waals surface area contributed by atoms with E-state index in [0.717, 1.165) is 17.8 Å². The van der Waals surface area contributed by atoms with Crippen LogP contribution in [0.15, 0.2) is 17.1 Å². The van der Waals surface area contributed by atoms with E-state index in [-0.39, 0.29) is 12.5 Å². The minimum Gasteiger partial charge on any atom is -0.386 e. The van der Waals surface area contributed by atoms with Crippen molar-refractivity contribution in [2.24, 2.45) is 10.9 Å². The Morgan fingerprint density at radius 2 is 2.21 bits per heavy atom. The van der Waals surface area contributed by atoms with Crippen LogP contribution in [0.3, 0.4) is 0 Å². The van der Waals surface area contributed by atoms with Gasteiger partial charge in [0.1, 0.15) is 6.10 Å². The number of nitrogens with zero attached hydrogens (tertiary/aromatic N) is 3. The number of guanidine groups is 1. The van der Waals surface area contributed by atoms with Gasteiger partial charge in [0.15, 0.2) is 5.96 Å². The fourth-order valence-electron chi connectivity index (χ4n) is 3.29. The van der Waals surface area contributed by atoms with Crippen molar-refractivity contribution < 1.29 is 18.3 Å². The van der Waals surface area contributed by atoms with Crippen molar-refractivity contribution in [3.63, 3.8) is 0 Å². The van der Waals surface area contributed by atoms with Crippen LogP contribution in [-0.2, 0) is 0 Å². The zero-order chi connectivity index (χ0) is 20.7. The maximum Gasteiger partial charge on any atom is 0.401 e. The van der Waals surface area contributed by atoms with Crippen LogP contribution in [0.25, 0.3) is 0 Å². The summed E-state index contributed by atoms with van der Waals surface area (Å²) in [7, 11) is 0. The Bertz CT molecular complexity index is 641. The molecule has 2 unspecified atom stereocenters. The van der Waals surface area contributed by atoms with Gasteiger partial charge in [-0.15, -0.1) is 11.3 Å². The molecule has 28 heavy (non-hydrogen) atoms. The topological polar surface area (TPSA) is 51.1 Å². The Hall–Kier alpha value is -1.03. The summed E-state index contributed by atoms with van der Waals surface area (Å²) < 4.78 is 38.6. The van der Waals surface area contributed by atoms with E-state index in [9.17, 15) is 18.3 Å². The first kappa shape index (κ1) is 23.3. The molecule has 1 aromatic heterocycles. The lowest BCUT2D eigenvalue weighted by molar-refractivity contribution is -0.146. The van der Waals surface area contributed by atoms with Gasteiger partial charge >= 0.3 is 6.18 Å². The van der Waals surface area contributed by atoms with Gasteiger partial charge in [0, 0.05) is 31.1 Å². The number of nitrogens with one attached hydrogen (secondary N) is 1. The number of aliphatic hydroxyl groups excluding tert-OH is 1. The lowest BCUT2D eigenvalue weighted by Crippen LogP contribution is -2.42. The lowest BCUT2D eigenvalue weighted by Gasteiger charge is -2.26. The van der Waals surface area contributed by atoms with Crippen molar-refractivity contribution in [2.45, 2.75) is 32.5 Å². The summed E-state index contributed by atoms with van der Waals surface area (Å²) in [4.78, 5) is 8.79. The first-order valence-electron chi connectivity index (χ1n) is 9.47.